The standard InChI is InChI=1S/C45H71N5O10/c1-12-29(8)33-19-20-38(51)60-39(28(6)7)42(54)47-34(23-27(4)5)43(55)50-21-13-14-36(50)44(56)49(10)37(24-31-15-17-32(58-11)18-16-31)45(57)59-25-35(41(53)46-33)48-40(52)30(9)22-26(2)3/h15-18,26-30,33-37,39H,12-14,19-25H2,1-11H3,(H,46,53)(H,47,54)(H,48,52)/t29-,30+,33-,34-,35-,36-,37-,39?/m0/s1. The third-order valence-corrected chi connectivity index (χ3v) is 11.6. The Morgan fingerprint density at radius 1 is 0.900 bits per heavy atom. The highest BCUT2D eigenvalue weighted by Gasteiger charge is 2.43. The number of esters is 2. The fourth-order valence-corrected chi connectivity index (χ4v) is 7.79. The van der Waals surface area contributed by atoms with Gasteiger partial charge in [-0.05, 0) is 73.5 Å². The number of fused-ring (bicyclic) bond motifs is 1. The fourth-order valence-electron chi connectivity index (χ4n) is 7.79. The summed E-state index contributed by atoms with van der Waals surface area (Å²) in [5.74, 6) is -4.23. The van der Waals surface area contributed by atoms with Crippen LogP contribution in [0.3, 0.4) is 0 Å². The molecule has 1 aromatic carbocycles. The van der Waals surface area contributed by atoms with Gasteiger partial charge >= 0.3 is 11.9 Å². The molecule has 2 aliphatic heterocycles. The van der Waals surface area contributed by atoms with Gasteiger partial charge in [0.05, 0.1) is 7.11 Å². The summed E-state index contributed by atoms with van der Waals surface area (Å²) in [5.41, 5.74) is 0.694. The monoisotopic (exact) mass is 842 g/mol. The van der Waals surface area contributed by atoms with Crippen molar-refractivity contribution in [3.05, 3.63) is 29.8 Å². The number of likely N-dealkylation sites (N-methyl/N-ethyl adjacent to an activating group) is 1. The third kappa shape index (κ3) is 14.2. The van der Waals surface area contributed by atoms with E-state index >= 15 is 0 Å². The number of nitrogens with one attached hydrogen (secondary N) is 3. The van der Waals surface area contributed by atoms with Crippen LogP contribution in [-0.4, -0.2) is 115 Å². The van der Waals surface area contributed by atoms with Gasteiger partial charge in [-0.3, -0.25) is 28.8 Å². The second-order valence-corrected chi connectivity index (χ2v) is 17.8. The molecule has 5 amide bonds. The Kier molecular flexibility index (Phi) is 19.3. The predicted octanol–water partition coefficient (Wildman–Crippen LogP) is 4.19. The van der Waals surface area contributed by atoms with Gasteiger partial charge in [0, 0.05) is 38.4 Å². The van der Waals surface area contributed by atoms with E-state index in [4.69, 9.17) is 14.2 Å². The summed E-state index contributed by atoms with van der Waals surface area (Å²) in [6, 6.07) is 2.03. The van der Waals surface area contributed by atoms with E-state index in [9.17, 15) is 33.6 Å². The van der Waals surface area contributed by atoms with E-state index in [1.165, 1.54) is 24.0 Å². The minimum Gasteiger partial charge on any atom is -0.497 e. The van der Waals surface area contributed by atoms with Crippen molar-refractivity contribution in [1.29, 1.82) is 0 Å². The summed E-state index contributed by atoms with van der Waals surface area (Å²) < 4.78 is 17.0. The van der Waals surface area contributed by atoms with Crippen molar-refractivity contribution in [3.63, 3.8) is 0 Å². The van der Waals surface area contributed by atoms with Crippen molar-refractivity contribution in [2.24, 2.45) is 29.6 Å². The summed E-state index contributed by atoms with van der Waals surface area (Å²) in [5, 5.41) is 8.63. The molecule has 15 heteroatoms. The molecule has 15 nitrogen and oxygen atoms in total. The molecule has 8 atom stereocenters. The molecule has 2 fully saturated rings. The van der Waals surface area contributed by atoms with Gasteiger partial charge in [0.25, 0.3) is 5.91 Å². The summed E-state index contributed by atoms with van der Waals surface area (Å²) in [4.78, 5) is 101. The van der Waals surface area contributed by atoms with Crippen LogP contribution in [0.15, 0.2) is 24.3 Å². The van der Waals surface area contributed by atoms with Crippen LogP contribution in [0.2, 0.25) is 0 Å². The molecular formula is C45H71N5O10. The molecule has 0 aliphatic carbocycles. The molecule has 2 heterocycles. The molecule has 3 N–H and O–H groups in total. The Morgan fingerprint density at radius 3 is 2.15 bits per heavy atom. The highest BCUT2D eigenvalue weighted by atomic mass is 16.5. The van der Waals surface area contributed by atoms with Gasteiger partial charge in [-0.15, -0.1) is 0 Å². The molecule has 0 radical (unpaired) electrons. The zero-order valence-corrected chi connectivity index (χ0v) is 37.7. The largest absolute Gasteiger partial charge is 0.497 e. The Labute approximate surface area is 356 Å². The number of cyclic esters (lactones) is 2. The molecule has 0 bridgehead atoms. The number of hydrogen-bond acceptors (Lipinski definition) is 10. The first kappa shape index (κ1) is 49.7. The van der Waals surface area contributed by atoms with Crippen molar-refractivity contribution in [1.82, 2.24) is 25.8 Å². The molecule has 3 rings (SSSR count). The van der Waals surface area contributed by atoms with Gasteiger partial charge in [-0.2, -0.15) is 0 Å². The lowest BCUT2D eigenvalue weighted by Crippen LogP contribution is -2.57. The Hall–Kier alpha value is -4.69. The van der Waals surface area contributed by atoms with E-state index in [1.54, 1.807) is 45.0 Å². The maximum absolute atomic E-state index is 14.5. The molecule has 2 saturated heterocycles. The van der Waals surface area contributed by atoms with Crippen LogP contribution >= 0.6 is 0 Å². The average Bonchev–Trinajstić information content (AvgIpc) is 3.69. The number of nitrogens with zero attached hydrogens (tertiary/aromatic N) is 2. The predicted molar refractivity (Wildman–Crippen MR) is 226 cm³/mol. The first-order valence-electron chi connectivity index (χ1n) is 21.7. The normalized spacial score (nSPS) is 25.5. The van der Waals surface area contributed by atoms with Crippen molar-refractivity contribution in [3.8, 4) is 5.75 Å². The van der Waals surface area contributed by atoms with E-state index in [2.05, 4.69) is 16.0 Å². The Bertz CT molecular complexity index is 1630. The first-order valence-corrected chi connectivity index (χ1v) is 21.7. The lowest BCUT2D eigenvalue weighted by Gasteiger charge is -2.34. The van der Waals surface area contributed by atoms with E-state index in [0.29, 0.717) is 37.0 Å². The number of carbonyl (C=O) groups excluding carboxylic acids is 7. The van der Waals surface area contributed by atoms with Crippen LogP contribution in [0.25, 0.3) is 0 Å². The van der Waals surface area contributed by atoms with E-state index < -0.39 is 96.2 Å². The van der Waals surface area contributed by atoms with Crippen molar-refractivity contribution in [2.45, 2.75) is 150 Å². The smallest absolute Gasteiger partial charge is 0.329 e. The SMILES string of the molecule is CC[C@H](C)[C@@H]1CCC(=O)OC(C(C)C)C(=O)N[C@@H](CC(C)C)C(=O)N2CCC[C@H]2C(=O)N(C)[C@@H](Cc2ccc(OC)cc2)C(=O)OC[C@H](NC(=O)[C@H](C)CC(C)C)C(=O)N1. The molecule has 336 valence electrons. The van der Waals surface area contributed by atoms with Gasteiger partial charge in [-0.25, -0.2) is 4.79 Å². The number of hydrogen-bond donors (Lipinski definition) is 3. The minimum atomic E-state index is -1.30. The third-order valence-electron chi connectivity index (χ3n) is 11.6. The highest BCUT2D eigenvalue weighted by Crippen LogP contribution is 2.25. The lowest BCUT2D eigenvalue weighted by atomic mass is 9.94. The Balaban J connectivity index is 2.13. The number of rotatable bonds is 12. The van der Waals surface area contributed by atoms with Crippen LogP contribution in [0, 0.1) is 29.6 Å². The molecular weight excluding hydrogens is 771 g/mol. The van der Waals surface area contributed by atoms with Crippen molar-refractivity contribution in [2.75, 3.05) is 27.3 Å². The number of carbonyl (C=O) groups is 7. The van der Waals surface area contributed by atoms with Gasteiger partial charge in [0.1, 0.15) is 36.5 Å². The zero-order chi connectivity index (χ0) is 44.8. The number of amides is 5. The van der Waals surface area contributed by atoms with Crippen LogP contribution < -0.4 is 20.7 Å². The second kappa shape index (κ2) is 23.3. The maximum Gasteiger partial charge on any atom is 0.329 e. The van der Waals surface area contributed by atoms with Gasteiger partial charge in [-0.1, -0.05) is 80.9 Å². The quantitative estimate of drug-likeness (QED) is 0.258. The van der Waals surface area contributed by atoms with E-state index in [-0.39, 0.29) is 50.0 Å². The fraction of sp³-hybridized carbons (Fsp3) is 0.711. The van der Waals surface area contributed by atoms with Crippen LogP contribution in [-0.2, 0) is 49.5 Å². The van der Waals surface area contributed by atoms with Crippen LogP contribution in [0.1, 0.15) is 113 Å². The van der Waals surface area contributed by atoms with Gasteiger partial charge in [0.15, 0.2) is 6.10 Å². The topological polar surface area (TPSA) is 190 Å². The first-order chi connectivity index (χ1) is 28.3. The molecule has 60 heavy (non-hydrogen) atoms. The number of methoxy groups -OCH3 is 1. The molecule has 2 aliphatic rings. The molecule has 1 aromatic rings. The van der Waals surface area contributed by atoms with E-state index in [0.717, 1.165) is 0 Å². The van der Waals surface area contributed by atoms with Gasteiger partial charge < -0.3 is 40.0 Å². The number of ether oxygens (including phenoxy) is 3. The lowest BCUT2D eigenvalue weighted by molar-refractivity contribution is -0.160. The minimum absolute atomic E-state index is 0.0171. The average molecular weight is 842 g/mol. The van der Waals surface area contributed by atoms with Crippen molar-refractivity contribution >= 4 is 41.5 Å². The van der Waals surface area contributed by atoms with Crippen LogP contribution in [0.5, 0.6) is 5.75 Å². The molecule has 0 aromatic heterocycles. The summed E-state index contributed by atoms with van der Waals surface area (Å²) >= 11 is 0. The van der Waals surface area contributed by atoms with Crippen LogP contribution in [0.4, 0.5) is 0 Å². The zero-order valence-electron chi connectivity index (χ0n) is 37.7. The Morgan fingerprint density at radius 2 is 1.57 bits per heavy atom. The molecule has 1 unspecified atom stereocenters. The molecule has 0 saturated carbocycles. The molecule has 0 spiro atoms. The number of benzene rings is 1. The summed E-state index contributed by atoms with van der Waals surface area (Å²) in [6.07, 6.45) is 1.18. The second-order valence-electron chi connectivity index (χ2n) is 17.8. The van der Waals surface area contributed by atoms with Gasteiger partial charge in [0.2, 0.25) is 23.6 Å². The highest BCUT2D eigenvalue weighted by molar-refractivity contribution is 5.95. The summed E-state index contributed by atoms with van der Waals surface area (Å²) in [7, 11) is 3.02. The summed E-state index contributed by atoms with van der Waals surface area (Å²) in [6.45, 7) is 16.7. The van der Waals surface area contributed by atoms with E-state index in [1.807, 2.05) is 41.5 Å². The maximum atomic E-state index is 14.5. The van der Waals surface area contributed by atoms with Crippen molar-refractivity contribution < 1.29 is 47.8 Å².